The van der Waals surface area contributed by atoms with E-state index in [1.165, 1.54) is 11.1 Å². The molecule has 2 aliphatic rings. The second kappa shape index (κ2) is 4.86. The predicted molar refractivity (Wildman–Crippen MR) is 72.4 cm³/mol. The lowest BCUT2D eigenvalue weighted by molar-refractivity contribution is -0.0486. The van der Waals surface area contributed by atoms with Gasteiger partial charge in [0, 0.05) is 18.9 Å². The van der Waals surface area contributed by atoms with Gasteiger partial charge in [0.1, 0.15) is 0 Å². The molecule has 2 N–H and O–H groups in total. The zero-order chi connectivity index (χ0) is 13.5. The molecule has 0 heterocycles. The average Bonchev–Trinajstić information content (AvgIpc) is 2.35. The SMILES string of the molecule is NC(CC1Cc2ccccc21)C1CCC(F)(F)CC1. The van der Waals surface area contributed by atoms with Crippen LogP contribution in [0.15, 0.2) is 24.3 Å². The Balaban J connectivity index is 1.55. The summed E-state index contributed by atoms with van der Waals surface area (Å²) in [5.41, 5.74) is 9.10. The molecule has 1 aromatic rings. The molecule has 0 aromatic heterocycles. The van der Waals surface area contributed by atoms with E-state index in [0.29, 0.717) is 18.8 Å². The van der Waals surface area contributed by atoms with E-state index in [0.717, 1.165) is 12.8 Å². The van der Waals surface area contributed by atoms with Crippen molar-refractivity contribution in [1.29, 1.82) is 0 Å². The van der Waals surface area contributed by atoms with E-state index in [4.69, 9.17) is 5.73 Å². The molecule has 1 saturated carbocycles. The number of rotatable bonds is 3. The molecule has 3 rings (SSSR count). The largest absolute Gasteiger partial charge is 0.327 e. The van der Waals surface area contributed by atoms with Crippen molar-refractivity contribution in [1.82, 2.24) is 0 Å². The highest BCUT2D eigenvalue weighted by atomic mass is 19.3. The summed E-state index contributed by atoms with van der Waals surface area (Å²) in [6, 6.07) is 8.55. The Morgan fingerprint density at radius 2 is 1.89 bits per heavy atom. The minimum absolute atomic E-state index is 0.0205. The van der Waals surface area contributed by atoms with Crippen LogP contribution in [-0.2, 0) is 6.42 Å². The molecule has 1 fully saturated rings. The summed E-state index contributed by atoms with van der Waals surface area (Å²) in [5.74, 6) is -1.61. The standard InChI is InChI=1S/C16H21F2N/c17-16(18)7-5-11(6-8-16)15(19)10-13-9-12-3-1-2-4-14(12)13/h1-4,11,13,15H,5-10,19H2. The fraction of sp³-hybridized carbons (Fsp3) is 0.625. The Labute approximate surface area is 113 Å². The fourth-order valence-corrected chi connectivity index (χ4v) is 3.58. The smallest absolute Gasteiger partial charge is 0.248 e. The lowest BCUT2D eigenvalue weighted by atomic mass is 9.71. The van der Waals surface area contributed by atoms with Crippen molar-refractivity contribution >= 4 is 0 Å². The Morgan fingerprint density at radius 3 is 2.58 bits per heavy atom. The molecule has 2 unspecified atom stereocenters. The van der Waals surface area contributed by atoms with Gasteiger partial charge in [0.2, 0.25) is 5.92 Å². The third kappa shape index (κ3) is 2.66. The maximum Gasteiger partial charge on any atom is 0.248 e. The van der Waals surface area contributed by atoms with Crippen molar-refractivity contribution in [2.75, 3.05) is 0 Å². The van der Waals surface area contributed by atoms with E-state index in [1.807, 2.05) is 0 Å². The van der Waals surface area contributed by atoms with E-state index in [-0.39, 0.29) is 24.8 Å². The van der Waals surface area contributed by atoms with Gasteiger partial charge in [0.15, 0.2) is 0 Å². The van der Waals surface area contributed by atoms with Crippen LogP contribution in [0.5, 0.6) is 0 Å². The van der Waals surface area contributed by atoms with Crippen molar-refractivity contribution in [3.05, 3.63) is 35.4 Å². The molecule has 1 nitrogen and oxygen atoms in total. The zero-order valence-corrected chi connectivity index (χ0v) is 11.1. The molecule has 0 saturated heterocycles. The van der Waals surface area contributed by atoms with Gasteiger partial charge < -0.3 is 5.73 Å². The molecular formula is C16H21F2N. The third-order valence-corrected chi connectivity index (χ3v) is 4.89. The molecular weight excluding hydrogens is 244 g/mol. The van der Waals surface area contributed by atoms with E-state index in [9.17, 15) is 8.78 Å². The van der Waals surface area contributed by atoms with Gasteiger partial charge in [-0.15, -0.1) is 0 Å². The monoisotopic (exact) mass is 265 g/mol. The molecule has 19 heavy (non-hydrogen) atoms. The first-order valence-corrected chi connectivity index (χ1v) is 7.26. The molecule has 0 bridgehead atoms. The molecule has 3 heteroatoms. The topological polar surface area (TPSA) is 26.0 Å². The minimum atomic E-state index is -2.45. The number of halogens is 2. The maximum absolute atomic E-state index is 13.1. The van der Waals surface area contributed by atoms with Crippen LogP contribution in [-0.4, -0.2) is 12.0 Å². The average molecular weight is 265 g/mol. The van der Waals surface area contributed by atoms with Crippen LogP contribution in [0.25, 0.3) is 0 Å². The van der Waals surface area contributed by atoms with Gasteiger partial charge in [-0.1, -0.05) is 24.3 Å². The second-order valence-electron chi connectivity index (χ2n) is 6.19. The summed E-state index contributed by atoms with van der Waals surface area (Å²) in [6.07, 6.45) is 3.27. The van der Waals surface area contributed by atoms with Gasteiger partial charge in [-0.25, -0.2) is 8.78 Å². The first-order valence-electron chi connectivity index (χ1n) is 7.26. The highest BCUT2D eigenvalue weighted by Crippen LogP contribution is 2.42. The Morgan fingerprint density at radius 1 is 1.21 bits per heavy atom. The highest BCUT2D eigenvalue weighted by molar-refractivity contribution is 5.39. The predicted octanol–water partition coefficient (Wildman–Crippen LogP) is 3.87. The summed E-state index contributed by atoms with van der Waals surface area (Å²) >= 11 is 0. The van der Waals surface area contributed by atoms with Crippen LogP contribution in [0, 0.1) is 5.92 Å². The quantitative estimate of drug-likeness (QED) is 0.882. The molecule has 2 aliphatic carbocycles. The number of hydrogen-bond acceptors (Lipinski definition) is 1. The zero-order valence-electron chi connectivity index (χ0n) is 11.1. The lowest BCUT2D eigenvalue weighted by Crippen LogP contribution is -2.38. The molecule has 0 spiro atoms. The molecule has 0 amide bonds. The number of fused-ring (bicyclic) bond motifs is 1. The highest BCUT2D eigenvalue weighted by Gasteiger charge is 2.38. The van der Waals surface area contributed by atoms with Gasteiger partial charge in [0.05, 0.1) is 0 Å². The van der Waals surface area contributed by atoms with Gasteiger partial charge in [-0.2, -0.15) is 0 Å². The molecule has 0 aliphatic heterocycles. The first kappa shape index (κ1) is 13.0. The number of nitrogens with two attached hydrogens (primary N) is 1. The normalized spacial score (nSPS) is 27.4. The van der Waals surface area contributed by atoms with Crippen LogP contribution in [0.3, 0.4) is 0 Å². The Bertz CT molecular complexity index is 448. The van der Waals surface area contributed by atoms with Crippen molar-refractivity contribution in [3.8, 4) is 0 Å². The summed E-state index contributed by atoms with van der Waals surface area (Å²) in [7, 11) is 0. The van der Waals surface area contributed by atoms with Crippen LogP contribution in [0.2, 0.25) is 0 Å². The first-order chi connectivity index (χ1) is 9.05. The number of benzene rings is 1. The number of alkyl halides is 2. The van der Waals surface area contributed by atoms with Crippen LogP contribution < -0.4 is 5.73 Å². The molecule has 1 aromatic carbocycles. The summed E-state index contributed by atoms with van der Waals surface area (Å²) < 4.78 is 26.3. The minimum Gasteiger partial charge on any atom is -0.327 e. The summed E-state index contributed by atoms with van der Waals surface area (Å²) in [4.78, 5) is 0. The van der Waals surface area contributed by atoms with Crippen molar-refractivity contribution in [2.45, 2.75) is 56.4 Å². The van der Waals surface area contributed by atoms with Crippen LogP contribution >= 0.6 is 0 Å². The van der Waals surface area contributed by atoms with E-state index >= 15 is 0 Å². The van der Waals surface area contributed by atoms with Crippen LogP contribution in [0.1, 0.15) is 49.1 Å². The van der Waals surface area contributed by atoms with Gasteiger partial charge in [-0.3, -0.25) is 0 Å². The summed E-state index contributed by atoms with van der Waals surface area (Å²) in [6.45, 7) is 0. The summed E-state index contributed by atoms with van der Waals surface area (Å²) in [5, 5.41) is 0. The van der Waals surface area contributed by atoms with E-state index in [1.54, 1.807) is 0 Å². The Kier molecular flexibility index (Phi) is 3.34. The number of hydrogen-bond donors (Lipinski definition) is 1. The van der Waals surface area contributed by atoms with Crippen molar-refractivity contribution < 1.29 is 8.78 Å². The maximum atomic E-state index is 13.1. The van der Waals surface area contributed by atoms with Gasteiger partial charge in [0.25, 0.3) is 0 Å². The van der Waals surface area contributed by atoms with Crippen molar-refractivity contribution in [3.63, 3.8) is 0 Å². The third-order valence-electron chi connectivity index (χ3n) is 4.89. The molecule has 2 atom stereocenters. The molecule has 104 valence electrons. The lowest BCUT2D eigenvalue weighted by Gasteiger charge is -2.37. The van der Waals surface area contributed by atoms with Gasteiger partial charge in [-0.05, 0) is 48.6 Å². The Hall–Kier alpha value is -0.960. The second-order valence-corrected chi connectivity index (χ2v) is 6.19. The fourth-order valence-electron chi connectivity index (χ4n) is 3.58. The van der Waals surface area contributed by atoms with Crippen molar-refractivity contribution in [2.24, 2.45) is 11.7 Å². The molecule has 0 radical (unpaired) electrons. The van der Waals surface area contributed by atoms with E-state index < -0.39 is 5.92 Å². The van der Waals surface area contributed by atoms with E-state index in [2.05, 4.69) is 24.3 Å². The van der Waals surface area contributed by atoms with Gasteiger partial charge >= 0.3 is 0 Å². The van der Waals surface area contributed by atoms with Crippen LogP contribution in [0.4, 0.5) is 8.78 Å².